The van der Waals surface area contributed by atoms with Gasteiger partial charge in [-0.2, -0.15) is 14.6 Å². The Hall–Kier alpha value is -3.17. The van der Waals surface area contributed by atoms with Crippen molar-refractivity contribution in [2.75, 3.05) is 60.6 Å². The van der Waals surface area contributed by atoms with E-state index in [0.717, 1.165) is 116 Å². The van der Waals surface area contributed by atoms with Crippen molar-refractivity contribution < 1.29 is 4.74 Å². The summed E-state index contributed by atoms with van der Waals surface area (Å²) in [6, 6.07) is 10.7. The third-order valence-electron chi connectivity index (χ3n) is 8.73. The van der Waals surface area contributed by atoms with Gasteiger partial charge in [-0.3, -0.25) is 0 Å². The SMILES string of the molecule is CCCC1CN(c2cc(N3CCOCC3)n3nc(C4CCCCN4c4nc(Cl)nc5cccc(C)c45)cc3n2)C1. The third kappa shape index (κ3) is 4.63. The van der Waals surface area contributed by atoms with Gasteiger partial charge < -0.3 is 19.4 Å². The van der Waals surface area contributed by atoms with Gasteiger partial charge in [0.2, 0.25) is 5.28 Å². The maximum Gasteiger partial charge on any atom is 0.224 e. The molecule has 0 saturated carbocycles. The molecule has 0 spiro atoms. The summed E-state index contributed by atoms with van der Waals surface area (Å²) < 4.78 is 7.73. The lowest BCUT2D eigenvalue weighted by Crippen LogP contribution is -2.47. The highest BCUT2D eigenvalue weighted by Crippen LogP contribution is 2.39. The summed E-state index contributed by atoms with van der Waals surface area (Å²) in [4.78, 5) is 21.7. The van der Waals surface area contributed by atoms with Gasteiger partial charge in [0.15, 0.2) is 5.65 Å². The number of anilines is 3. The molecule has 1 atom stereocenters. The first-order chi connectivity index (χ1) is 19.6. The third-order valence-corrected chi connectivity index (χ3v) is 8.90. The van der Waals surface area contributed by atoms with Crippen LogP contribution >= 0.6 is 11.6 Å². The predicted octanol–water partition coefficient (Wildman–Crippen LogP) is 5.44. The molecular weight excluding hydrogens is 524 g/mol. The topological polar surface area (TPSA) is 74.9 Å². The Labute approximate surface area is 240 Å². The average molecular weight is 561 g/mol. The molecule has 3 aliphatic heterocycles. The first-order valence-corrected chi connectivity index (χ1v) is 15.1. The lowest BCUT2D eigenvalue weighted by molar-refractivity contribution is 0.122. The van der Waals surface area contributed by atoms with Crippen molar-refractivity contribution in [1.29, 1.82) is 0 Å². The molecule has 7 rings (SSSR count). The lowest BCUT2D eigenvalue weighted by Gasteiger charge is -2.40. The molecule has 0 N–H and O–H groups in total. The van der Waals surface area contributed by atoms with Gasteiger partial charge in [-0.1, -0.05) is 25.5 Å². The molecule has 6 heterocycles. The Balaban J connectivity index is 1.30. The average Bonchev–Trinajstić information content (AvgIpc) is 3.38. The minimum atomic E-state index is 0.0863. The maximum atomic E-state index is 6.46. The van der Waals surface area contributed by atoms with Crippen molar-refractivity contribution in [3.05, 3.63) is 46.9 Å². The van der Waals surface area contributed by atoms with Crippen molar-refractivity contribution in [3.8, 4) is 0 Å². The van der Waals surface area contributed by atoms with Gasteiger partial charge in [0.05, 0.1) is 30.5 Å². The first-order valence-electron chi connectivity index (χ1n) is 14.8. The second-order valence-electron chi connectivity index (χ2n) is 11.5. The van der Waals surface area contributed by atoms with E-state index in [0.29, 0.717) is 0 Å². The zero-order valence-electron chi connectivity index (χ0n) is 23.4. The minimum Gasteiger partial charge on any atom is -0.378 e. The van der Waals surface area contributed by atoms with Crippen LogP contribution in [0.1, 0.15) is 56.3 Å². The number of hydrogen-bond donors (Lipinski definition) is 0. The van der Waals surface area contributed by atoms with E-state index in [2.05, 4.69) is 56.2 Å². The van der Waals surface area contributed by atoms with Crippen LogP contribution in [0.2, 0.25) is 5.28 Å². The van der Waals surface area contributed by atoms with E-state index >= 15 is 0 Å². The monoisotopic (exact) mass is 560 g/mol. The molecule has 210 valence electrons. The number of morpholine rings is 1. The second kappa shape index (κ2) is 10.7. The smallest absolute Gasteiger partial charge is 0.224 e. The van der Waals surface area contributed by atoms with Crippen molar-refractivity contribution in [2.45, 2.75) is 52.0 Å². The highest BCUT2D eigenvalue weighted by atomic mass is 35.5. The van der Waals surface area contributed by atoms with Crippen molar-refractivity contribution in [2.24, 2.45) is 5.92 Å². The summed E-state index contributed by atoms with van der Waals surface area (Å²) >= 11 is 6.46. The largest absolute Gasteiger partial charge is 0.378 e. The molecule has 3 saturated heterocycles. The fourth-order valence-corrected chi connectivity index (χ4v) is 6.83. The van der Waals surface area contributed by atoms with Crippen LogP contribution in [0.3, 0.4) is 0 Å². The van der Waals surface area contributed by atoms with Gasteiger partial charge in [-0.15, -0.1) is 0 Å². The molecule has 0 radical (unpaired) electrons. The van der Waals surface area contributed by atoms with E-state index in [4.69, 9.17) is 31.4 Å². The molecule has 3 aromatic heterocycles. The quantitative estimate of drug-likeness (QED) is 0.289. The van der Waals surface area contributed by atoms with Crippen LogP contribution in [0.5, 0.6) is 0 Å². The van der Waals surface area contributed by atoms with E-state index in [9.17, 15) is 0 Å². The Kier molecular flexibility index (Phi) is 6.87. The molecule has 0 aliphatic carbocycles. The van der Waals surface area contributed by atoms with Crippen LogP contribution in [-0.2, 0) is 4.74 Å². The summed E-state index contributed by atoms with van der Waals surface area (Å²) in [5.41, 5.74) is 3.97. The summed E-state index contributed by atoms with van der Waals surface area (Å²) in [5, 5.41) is 6.58. The Morgan fingerprint density at radius 2 is 1.85 bits per heavy atom. The molecule has 9 nitrogen and oxygen atoms in total. The minimum absolute atomic E-state index is 0.0863. The van der Waals surface area contributed by atoms with Gasteiger partial charge in [-0.05, 0) is 61.8 Å². The Morgan fingerprint density at radius 3 is 2.67 bits per heavy atom. The van der Waals surface area contributed by atoms with Crippen LogP contribution in [0, 0.1) is 12.8 Å². The van der Waals surface area contributed by atoms with Gasteiger partial charge >= 0.3 is 0 Å². The zero-order chi connectivity index (χ0) is 27.2. The number of aryl methyl sites for hydroxylation is 1. The second-order valence-corrected chi connectivity index (χ2v) is 11.8. The van der Waals surface area contributed by atoms with Crippen molar-refractivity contribution >= 4 is 45.6 Å². The van der Waals surface area contributed by atoms with Crippen LogP contribution in [0.4, 0.5) is 17.5 Å². The van der Waals surface area contributed by atoms with Crippen LogP contribution in [-0.4, -0.2) is 70.5 Å². The molecule has 1 unspecified atom stereocenters. The van der Waals surface area contributed by atoms with E-state index in [-0.39, 0.29) is 11.3 Å². The fraction of sp³-hybridized carbons (Fsp3) is 0.533. The molecule has 0 amide bonds. The van der Waals surface area contributed by atoms with Crippen LogP contribution < -0.4 is 14.7 Å². The standard InChI is InChI=1S/C30H37ClN8O/c1-3-7-21-18-37(19-21)25-17-27(36-12-14-40-15-13-36)39-26(33-25)16-23(35-39)24-10-4-5-11-38(24)29-28-20(2)8-6-9-22(28)32-30(31)34-29/h6,8-9,16-17,21,24H,3-5,7,10-15,18-19H2,1-2H3. The van der Waals surface area contributed by atoms with E-state index in [1.54, 1.807) is 0 Å². The summed E-state index contributed by atoms with van der Waals surface area (Å²) in [5.74, 6) is 3.82. The van der Waals surface area contributed by atoms with Crippen LogP contribution in [0.15, 0.2) is 30.3 Å². The highest BCUT2D eigenvalue weighted by molar-refractivity contribution is 6.28. The Bertz CT molecular complexity index is 1530. The number of aromatic nitrogens is 5. The molecule has 3 fully saturated rings. The van der Waals surface area contributed by atoms with Crippen molar-refractivity contribution in [3.63, 3.8) is 0 Å². The van der Waals surface area contributed by atoms with Crippen LogP contribution in [0.25, 0.3) is 16.6 Å². The van der Waals surface area contributed by atoms with E-state index < -0.39 is 0 Å². The Morgan fingerprint density at radius 1 is 1.00 bits per heavy atom. The maximum absolute atomic E-state index is 6.46. The highest BCUT2D eigenvalue weighted by Gasteiger charge is 2.32. The number of nitrogens with zero attached hydrogens (tertiary/aromatic N) is 8. The number of benzene rings is 1. The van der Waals surface area contributed by atoms with E-state index in [1.807, 2.05) is 12.1 Å². The predicted molar refractivity (Wildman–Crippen MR) is 160 cm³/mol. The molecule has 10 heteroatoms. The molecular formula is C30H37ClN8O. The molecule has 1 aromatic carbocycles. The number of halogens is 1. The summed E-state index contributed by atoms with van der Waals surface area (Å²) in [6.45, 7) is 10.6. The number of piperidine rings is 1. The number of rotatable bonds is 6. The van der Waals surface area contributed by atoms with Gasteiger partial charge in [0.25, 0.3) is 0 Å². The number of fused-ring (bicyclic) bond motifs is 2. The summed E-state index contributed by atoms with van der Waals surface area (Å²) in [6.07, 6.45) is 5.77. The number of ether oxygens (including phenoxy) is 1. The van der Waals surface area contributed by atoms with Crippen molar-refractivity contribution in [1.82, 2.24) is 24.6 Å². The van der Waals surface area contributed by atoms with Gasteiger partial charge in [0, 0.05) is 50.2 Å². The van der Waals surface area contributed by atoms with Gasteiger partial charge in [0.1, 0.15) is 17.5 Å². The first kappa shape index (κ1) is 25.8. The molecule has 0 bridgehead atoms. The lowest BCUT2D eigenvalue weighted by atomic mass is 9.95. The summed E-state index contributed by atoms with van der Waals surface area (Å²) in [7, 11) is 0. The van der Waals surface area contributed by atoms with Gasteiger partial charge in [-0.25, -0.2) is 9.97 Å². The number of hydrogen-bond acceptors (Lipinski definition) is 8. The molecule has 40 heavy (non-hydrogen) atoms. The zero-order valence-corrected chi connectivity index (χ0v) is 24.1. The fourth-order valence-electron chi connectivity index (χ4n) is 6.66. The van der Waals surface area contributed by atoms with E-state index in [1.165, 1.54) is 12.8 Å². The molecule has 4 aromatic rings. The normalized spacial score (nSPS) is 20.5. The molecule has 3 aliphatic rings.